The van der Waals surface area contributed by atoms with Crippen molar-refractivity contribution in [1.82, 2.24) is 0 Å². The van der Waals surface area contributed by atoms with E-state index in [1.54, 1.807) is 0 Å². The fourth-order valence-electron chi connectivity index (χ4n) is 0.405. The van der Waals surface area contributed by atoms with Crippen LogP contribution in [0, 0.1) is 0 Å². The van der Waals surface area contributed by atoms with Crippen LogP contribution in [-0.2, 0) is 0 Å². The zero-order chi connectivity index (χ0) is 7.70. The molecule has 0 saturated heterocycles. The lowest BCUT2D eigenvalue weighted by Gasteiger charge is -1.83. The second kappa shape index (κ2) is 10.5. The van der Waals surface area contributed by atoms with Crippen molar-refractivity contribution in [3.8, 4) is 0 Å². The fraction of sp³-hybridized carbons (Fsp3) is 0.556. The van der Waals surface area contributed by atoms with Crippen molar-refractivity contribution < 1.29 is 0 Å². The molecular weight excluding hydrogens is 108 g/mol. The monoisotopic (exact) mass is 126 g/mol. The zero-order valence-corrected chi connectivity index (χ0v) is 7.07. The predicted octanol–water partition coefficient (Wildman–Crippen LogP) is 3.55. The molecular formula is C9H18. The Bertz CT molecular complexity index is 78.0. The number of rotatable bonds is 2. The molecule has 0 heterocycles. The summed E-state index contributed by atoms with van der Waals surface area (Å²) in [7, 11) is 0. The topological polar surface area (TPSA) is 0 Å². The number of hydrogen-bond acceptors (Lipinski definition) is 0. The van der Waals surface area contributed by atoms with E-state index in [1.165, 1.54) is 5.57 Å². The Labute approximate surface area is 59.3 Å². The third-order valence-corrected chi connectivity index (χ3v) is 0.848. The lowest BCUT2D eigenvalue weighted by molar-refractivity contribution is 1.20. The number of hydrogen-bond donors (Lipinski definition) is 0. The Hall–Kier alpha value is -0.520. The van der Waals surface area contributed by atoms with Crippen LogP contribution >= 0.6 is 0 Å². The molecule has 0 aromatic rings. The molecule has 0 nitrogen and oxygen atoms in total. The highest BCUT2D eigenvalue weighted by atomic mass is 13.8. The van der Waals surface area contributed by atoms with Gasteiger partial charge < -0.3 is 0 Å². The summed E-state index contributed by atoms with van der Waals surface area (Å²) in [5.74, 6) is 0. The summed E-state index contributed by atoms with van der Waals surface area (Å²) in [5.41, 5.74) is 1.27. The van der Waals surface area contributed by atoms with Gasteiger partial charge in [0.25, 0.3) is 0 Å². The van der Waals surface area contributed by atoms with E-state index in [-0.39, 0.29) is 0 Å². The average molecular weight is 126 g/mol. The first-order valence-corrected chi connectivity index (χ1v) is 3.60. The van der Waals surface area contributed by atoms with E-state index < -0.39 is 0 Å². The van der Waals surface area contributed by atoms with Gasteiger partial charge in [-0.05, 0) is 13.3 Å². The summed E-state index contributed by atoms with van der Waals surface area (Å²) in [4.78, 5) is 0. The minimum atomic E-state index is 1.11. The molecule has 0 N–H and O–H groups in total. The summed E-state index contributed by atoms with van der Waals surface area (Å²) in [6, 6.07) is 0. The molecule has 0 saturated carbocycles. The Morgan fingerprint density at radius 1 is 1.44 bits per heavy atom. The van der Waals surface area contributed by atoms with E-state index in [0.29, 0.717) is 0 Å². The van der Waals surface area contributed by atoms with E-state index >= 15 is 0 Å². The van der Waals surface area contributed by atoms with Crippen LogP contribution in [0.1, 0.15) is 34.1 Å². The van der Waals surface area contributed by atoms with Crippen molar-refractivity contribution in [2.45, 2.75) is 34.1 Å². The van der Waals surface area contributed by atoms with Gasteiger partial charge in [-0.25, -0.2) is 0 Å². The highest BCUT2D eigenvalue weighted by Gasteiger charge is 1.71. The smallest absolute Gasteiger partial charge is 0.0374 e. The van der Waals surface area contributed by atoms with Crippen molar-refractivity contribution in [2.75, 3.05) is 0 Å². The van der Waals surface area contributed by atoms with E-state index in [4.69, 9.17) is 0 Å². The Kier molecular flexibility index (Phi) is 13.1. The van der Waals surface area contributed by atoms with Gasteiger partial charge in [0.1, 0.15) is 0 Å². The van der Waals surface area contributed by atoms with Gasteiger partial charge in [0, 0.05) is 0 Å². The van der Waals surface area contributed by atoms with Gasteiger partial charge in [-0.1, -0.05) is 45.1 Å². The van der Waals surface area contributed by atoms with Crippen LogP contribution in [0.2, 0.25) is 0 Å². The summed E-state index contributed by atoms with van der Waals surface area (Å²) >= 11 is 0. The molecule has 0 rings (SSSR count). The largest absolute Gasteiger partial charge is 0.0988 e. The highest BCUT2D eigenvalue weighted by Crippen LogP contribution is 1.92. The first-order chi connectivity index (χ1) is 4.31. The van der Waals surface area contributed by atoms with Crippen molar-refractivity contribution in [3.05, 3.63) is 24.3 Å². The number of allylic oxidation sites excluding steroid dienone is 3. The Morgan fingerprint density at radius 3 is 2.00 bits per heavy atom. The van der Waals surface area contributed by atoms with Crippen LogP contribution < -0.4 is 0 Å². The molecule has 0 bridgehead atoms. The molecule has 54 valence electrons. The quantitative estimate of drug-likeness (QED) is 0.496. The second-order valence-electron chi connectivity index (χ2n) is 1.56. The van der Waals surface area contributed by atoms with Crippen LogP contribution in [0.3, 0.4) is 0 Å². The first-order valence-electron chi connectivity index (χ1n) is 3.60. The fourth-order valence-corrected chi connectivity index (χ4v) is 0.405. The van der Waals surface area contributed by atoms with Crippen LogP contribution in [0.25, 0.3) is 0 Å². The van der Waals surface area contributed by atoms with E-state index in [0.717, 1.165) is 6.42 Å². The lowest BCUT2D eigenvalue weighted by Crippen LogP contribution is -1.62. The summed E-state index contributed by atoms with van der Waals surface area (Å²) < 4.78 is 0. The highest BCUT2D eigenvalue weighted by molar-refractivity contribution is 5.11. The van der Waals surface area contributed by atoms with E-state index in [2.05, 4.69) is 26.5 Å². The standard InChI is InChI=1S/C7H12.C2H6/c1-4-6-7(3)5-2;1-2/h5-6H,2,4H2,1,3H3;1-2H3/b7-6-;. The zero-order valence-electron chi connectivity index (χ0n) is 7.07. The summed E-state index contributed by atoms with van der Waals surface area (Å²) in [6.07, 6.45) is 5.12. The van der Waals surface area contributed by atoms with Gasteiger partial charge >= 0.3 is 0 Å². The van der Waals surface area contributed by atoms with Crippen LogP contribution in [0.5, 0.6) is 0 Å². The molecule has 0 heteroatoms. The molecule has 0 spiro atoms. The maximum Gasteiger partial charge on any atom is -0.0374 e. The van der Waals surface area contributed by atoms with E-state index in [1.807, 2.05) is 19.9 Å². The first kappa shape index (κ1) is 11.3. The lowest BCUT2D eigenvalue weighted by atomic mass is 10.2. The summed E-state index contributed by atoms with van der Waals surface area (Å²) in [5, 5.41) is 0. The van der Waals surface area contributed by atoms with Crippen molar-refractivity contribution in [1.29, 1.82) is 0 Å². The van der Waals surface area contributed by atoms with Gasteiger partial charge in [0.05, 0.1) is 0 Å². The molecule has 0 fully saturated rings. The average Bonchev–Trinajstić information content (AvgIpc) is 1.93. The molecule has 0 atom stereocenters. The van der Waals surface area contributed by atoms with Crippen molar-refractivity contribution >= 4 is 0 Å². The predicted molar refractivity (Wildman–Crippen MR) is 45.6 cm³/mol. The third kappa shape index (κ3) is 11.2. The summed E-state index contributed by atoms with van der Waals surface area (Å²) in [6.45, 7) is 11.8. The van der Waals surface area contributed by atoms with Gasteiger partial charge in [-0.3, -0.25) is 0 Å². The van der Waals surface area contributed by atoms with E-state index in [9.17, 15) is 0 Å². The molecule has 0 aromatic heterocycles. The van der Waals surface area contributed by atoms with Gasteiger partial charge in [0.15, 0.2) is 0 Å². The molecule has 0 amide bonds. The van der Waals surface area contributed by atoms with Gasteiger partial charge in [0.2, 0.25) is 0 Å². The van der Waals surface area contributed by atoms with Crippen LogP contribution in [-0.4, -0.2) is 0 Å². The minimum absolute atomic E-state index is 1.11. The minimum Gasteiger partial charge on any atom is -0.0988 e. The molecule has 0 radical (unpaired) electrons. The molecule has 0 aromatic carbocycles. The van der Waals surface area contributed by atoms with Crippen LogP contribution in [0.15, 0.2) is 24.3 Å². The molecule has 0 unspecified atom stereocenters. The Morgan fingerprint density at radius 2 is 1.89 bits per heavy atom. The van der Waals surface area contributed by atoms with Gasteiger partial charge in [-0.2, -0.15) is 0 Å². The SMILES string of the molecule is C=C/C(C)=C\CC.CC. The van der Waals surface area contributed by atoms with Crippen molar-refractivity contribution in [2.24, 2.45) is 0 Å². The normalized spacial score (nSPS) is 9.56. The van der Waals surface area contributed by atoms with Crippen molar-refractivity contribution in [3.63, 3.8) is 0 Å². The molecule has 0 aliphatic carbocycles. The maximum atomic E-state index is 3.61. The molecule has 9 heavy (non-hydrogen) atoms. The van der Waals surface area contributed by atoms with Gasteiger partial charge in [-0.15, -0.1) is 0 Å². The molecule has 0 aliphatic heterocycles. The Balaban J connectivity index is 0. The van der Waals surface area contributed by atoms with Crippen LogP contribution in [0.4, 0.5) is 0 Å². The second-order valence-corrected chi connectivity index (χ2v) is 1.56. The third-order valence-electron chi connectivity index (χ3n) is 0.848. The molecule has 0 aliphatic rings. The maximum absolute atomic E-state index is 3.61.